The first-order valence-electron chi connectivity index (χ1n) is 9.62. The third-order valence-electron chi connectivity index (χ3n) is 5.24. The van der Waals surface area contributed by atoms with E-state index in [1.165, 1.54) is 5.69 Å². The van der Waals surface area contributed by atoms with E-state index in [4.69, 9.17) is 0 Å². The molecule has 0 spiro atoms. The molecule has 1 aliphatic heterocycles. The van der Waals surface area contributed by atoms with Gasteiger partial charge >= 0.3 is 0 Å². The molecule has 4 nitrogen and oxygen atoms in total. The van der Waals surface area contributed by atoms with Gasteiger partial charge in [0.25, 0.3) is 0 Å². The van der Waals surface area contributed by atoms with E-state index in [0.717, 1.165) is 44.8 Å². The summed E-state index contributed by atoms with van der Waals surface area (Å²) in [4.78, 5) is 20.0. The number of hydrogen-bond acceptors (Lipinski definition) is 3. The van der Waals surface area contributed by atoms with Crippen molar-refractivity contribution in [3.05, 3.63) is 66.2 Å². The van der Waals surface area contributed by atoms with Gasteiger partial charge in [-0.25, -0.2) is 0 Å². The zero-order valence-corrected chi connectivity index (χ0v) is 15.8. The average Bonchev–Trinajstić information content (AvgIpc) is 2.73. The van der Waals surface area contributed by atoms with E-state index in [1.54, 1.807) is 0 Å². The molecule has 138 valence electrons. The van der Waals surface area contributed by atoms with Gasteiger partial charge in [-0.15, -0.1) is 0 Å². The van der Waals surface area contributed by atoms with Crippen LogP contribution in [0, 0.1) is 0 Å². The predicted octanol–water partition coefficient (Wildman–Crippen LogP) is 3.42. The van der Waals surface area contributed by atoms with Crippen molar-refractivity contribution < 1.29 is 4.79 Å². The lowest BCUT2D eigenvalue weighted by atomic mass is 10.0. The van der Waals surface area contributed by atoms with Crippen molar-refractivity contribution in [2.24, 2.45) is 0 Å². The van der Waals surface area contributed by atoms with Crippen LogP contribution in [-0.4, -0.2) is 55.0 Å². The van der Waals surface area contributed by atoms with Gasteiger partial charge < -0.3 is 9.80 Å². The molecular formula is C22H29N3O. The van der Waals surface area contributed by atoms with Gasteiger partial charge in [0.05, 0.1) is 0 Å². The third-order valence-corrected chi connectivity index (χ3v) is 5.24. The minimum Gasteiger partial charge on any atom is -0.368 e. The molecule has 0 aliphatic carbocycles. The van der Waals surface area contributed by atoms with Crippen molar-refractivity contribution in [3.63, 3.8) is 0 Å². The largest absolute Gasteiger partial charge is 0.368 e. The Morgan fingerprint density at radius 2 is 1.42 bits per heavy atom. The normalized spacial score (nSPS) is 16.0. The second kappa shape index (κ2) is 8.86. The smallest absolute Gasteiger partial charge is 0.244 e. The fraction of sp³-hybridized carbons (Fsp3) is 0.409. The summed E-state index contributed by atoms with van der Waals surface area (Å²) in [5.74, 6) is 0.229. The number of benzene rings is 2. The molecule has 26 heavy (non-hydrogen) atoms. The topological polar surface area (TPSA) is 26.8 Å². The zero-order chi connectivity index (χ0) is 18.4. The molecule has 0 aromatic heterocycles. The Labute approximate surface area is 157 Å². The molecule has 1 heterocycles. The van der Waals surface area contributed by atoms with E-state index in [0.29, 0.717) is 0 Å². The maximum atomic E-state index is 13.4. The molecule has 1 aliphatic rings. The number of anilines is 1. The van der Waals surface area contributed by atoms with E-state index in [9.17, 15) is 4.79 Å². The number of para-hydroxylation sites is 1. The number of carbonyl (C=O) groups excluding carboxylic acids is 1. The highest BCUT2D eigenvalue weighted by molar-refractivity contribution is 5.83. The first-order chi connectivity index (χ1) is 12.7. The quantitative estimate of drug-likeness (QED) is 0.798. The molecule has 1 saturated heterocycles. The number of piperazine rings is 1. The summed E-state index contributed by atoms with van der Waals surface area (Å²) in [5.41, 5.74) is 2.33. The lowest BCUT2D eigenvalue weighted by molar-refractivity contribution is -0.137. The first-order valence-corrected chi connectivity index (χ1v) is 9.62. The summed E-state index contributed by atoms with van der Waals surface area (Å²) in [5, 5.41) is 0. The molecule has 3 rings (SSSR count). The van der Waals surface area contributed by atoms with E-state index < -0.39 is 0 Å². The number of nitrogens with zero attached hydrogens (tertiary/aromatic N) is 3. The highest BCUT2D eigenvalue weighted by atomic mass is 16.2. The summed E-state index contributed by atoms with van der Waals surface area (Å²) in [6.45, 7) is 9.30. The third kappa shape index (κ3) is 4.07. The van der Waals surface area contributed by atoms with Gasteiger partial charge in [0.2, 0.25) is 5.91 Å². The van der Waals surface area contributed by atoms with Gasteiger partial charge in [0.15, 0.2) is 0 Å². The minimum absolute atomic E-state index is 0.186. The number of likely N-dealkylation sites (N-methyl/N-ethyl adjacent to an activating group) is 1. The fourth-order valence-corrected chi connectivity index (χ4v) is 3.73. The van der Waals surface area contributed by atoms with Crippen molar-refractivity contribution >= 4 is 11.6 Å². The van der Waals surface area contributed by atoms with Gasteiger partial charge in [-0.05, 0) is 30.8 Å². The van der Waals surface area contributed by atoms with Crippen molar-refractivity contribution in [1.29, 1.82) is 0 Å². The van der Waals surface area contributed by atoms with E-state index in [-0.39, 0.29) is 11.9 Å². The van der Waals surface area contributed by atoms with Crippen LogP contribution in [0.3, 0.4) is 0 Å². The maximum Gasteiger partial charge on any atom is 0.244 e. The second-order valence-electron chi connectivity index (χ2n) is 6.68. The highest BCUT2D eigenvalue weighted by Gasteiger charge is 2.31. The van der Waals surface area contributed by atoms with Crippen molar-refractivity contribution in [3.8, 4) is 0 Å². The maximum absolute atomic E-state index is 13.4. The summed E-state index contributed by atoms with van der Waals surface area (Å²) in [7, 11) is 0. The number of rotatable bonds is 6. The molecule has 2 aromatic carbocycles. The number of amides is 1. The molecule has 1 unspecified atom stereocenters. The van der Waals surface area contributed by atoms with Crippen LogP contribution in [0.25, 0.3) is 0 Å². The monoisotopic (exact) mass is 351 g/mol. The molecule has 0 saturated carbocycles. The van der Waals surface area contributed by atoms with Crippen LogP contribution in [0.15, 0.2) is 60.7 Å². The predicted molar refractivity (Wildman–Crippen MR) is 107 cm³/mol. The Bertz CT molecular complexity index is 677. The van der Waals surface area contributed by atoms with E-state index >= 15 is 0 Å². The Balaban J connectivity index is 1.72. The van der Waals surface area contributed by atoms with Gasteiger partial charge in [-0.2, -0.15) is 0 Å². The van der Waals surface area contributed by atoms with Crippen LogP contribution in [0.2, 0.25) is 0 Å². The van der Waals surface area contributed by atoms with Gasteiger partial charge in [0, 0.05) is 31.9 Å². The van der Waals surface area contributed by atoms with Crippen LogP contribution in [0.5, 0.6) is 0 Å². The Hall–Kier alpha value is -2.33. The molecule has 1 amide bonds. The first kappa shape index (κ1) is 18.5. The molecule has 0 bridgehead atoms. The average molecular weight is 351 g/mol. The van der Waals surface area contributed by atoms with Gasteiger partial charge in [0.1, 0.15) is 6.04 Å². The van der Waals surface area contributed by atoms with Crippen molar-refractivity contribution in [2.45, 2.75) is 19.9 Å². The molecule has 1 fully saturated rings. The molecule has 0 radical (unpaired) electrons. The highest BCUT2D eigenvalue weighted by Crippen LogP contribution is 2.24. The Kier molecular flexibility index (Phi) is 6.29. The Morgan fingerprint density at radius 3 is 1.96 bits per heavy atom. The molecule has 2 aromatic rings. The molecule has 1 atom stereocenters. The SMILES string of the molecule is CCN(CC)C(C(=O)N1CCN(c2ccccc2)CC1)c1ccccc1. The van der Waals surface area contributed by atoms with E-state index in [2.05, 4.69) is 60.0 Å². The summed E-state index contributed by atoms with van der Waals surface area (Å²) >= 11 is 0. The van der Waals surface area contributed by atoms with Gasteiger partial charge in [-0.3, -0.25) is 9.69 Å². The Morgan fingerprint density at radius 1 is 0.885 bits per heavy atom. The molecular weight excluding hydrogens is 322 g/mol. The van der Waals surface area contributed by atoms with Crippen LogP contribution >= 0.6 is 0 Å². The molecule has 4 heteroatoms. The van der Waals surface area contributed by atoms with Crippen molar-refractivity contribution in [2.75, 3.05) is 44.2 Å². The standard InChI is InChI=1S/C22H29N3O/c1-3-23(4-2)21(19-11-7-5-8-12-19)22(26)25-17-15-24(16-18-25)20-13-9-6-10-14-20/h5-14,21H,3-4,15-18H2,1-2H3. The summed E-state index contributed by atoms with van der Waals surface area (Å²) in [6, 6.07) is 20.5. The lowest BCUT2D eigenvalue weighted by Crippen LogP contribution is -2.52. The van der Waals surface area contributed by atoms with Crippen molar-refractivity contribution in [1.82, 2.24) is 9.80 Å². The van der Waals surface area contributed by atoms with Gasteiger partial charge in [-0.1, -0.05) is 62.4 Å². The summed E-state index contributed by atoms with van der Waals surface area (Å²) < 4.78 is 0. The zero-order valence-electron chi connectivity index (χ0n) is 15.8. The molecule has 0 N–H and O–H groups in total. The fourth-order valence-electron chi connectivity index (χ4n) is 3.73. The van der Waals surface area contributed by atoms with Crippen LogP contribution in [0.4, 0.5) is 5.69 Å². The number of carbonyl (C=O) groups is 1. The van der Waals surface area contributed by atoms with E-state index in [1.807, 2.05) is 29.2 Å². The minimum atomic E-state index is -0.186. The van der Waals surface area contributed by atoms with Crippen LogP contribution < -0.4 is 4.90 Å². The number of hydrogen-bond donors (Lipinski definition) is 0. The van der Waals surface area contributed by atoms with Crippen LogP contribution in [0.1, 0.15) is 25.5 Å². The lowest BCUT2D eigenvalue weighted by Gasteiger charge is -2.39. The second-order valence-corrected chi connectivity index (χ2v) is 6.68. The summed E-state index contributed by atoms with van der Waals surface area (Å²) in [6.07, 6.45) is 0. The van der Waals surface area contributed by atoms with Crippen LogP contribution in [-0.2, 0) is 4.79 Å².